The van der Waals surface area contributed by atoms with Gasteiger partial charge >= 0.3 is 6.18 Å². The summed E-state index contributed by atoms with van der Waals surface area (Å²) in [7, 11) is -3.42. The van der Waals surface area contributed by atoms with Gasteiger partial charge in [-0.1, -0.05) is 6.07 Å². The number of hydrogen-bond donors (Lipinski definition) is 1. The number of benzene rings is 1. The summed E-state index contributed by atoms with van der Waals surface area (Å²) >= 11 is 0. The molecule has 10 heteroatoms. The molecule has 0 fully saturated rings. The van der Waals surface area contributed by atoms with Gasteiger partial charge in [0.15, 0.2) is 21.4 Å². The minimum absolute atomic E-state index is 0.0184. The summed E-state index contributed by atoms with van der Waals surface area (Å²) in [6.07, 6.45) is -2.04. The maximum absolute atomic E-state index is 13.2. The van der Waals surface area contributed by atoms with E-state index < -0.39 is 21.7 Å². The first-order valence-electron chi connectivity index (χ1n) is 8.03. The topological polar surface area (TPSA) is 84.8 Å². The van der Waals surface area contributed by atoms with E-state index >= 15 is 0 Å². The van der Waals surface area contributed by atoms with Gasteiger partial charge < -0.3 is 5.32 Å². The van der Waals surface area contributed by atoms with Crippen LogP contribution in [0.25, 0.3) is 11.4 Å². The zero-order valence-corrected chi connectivity index (χ0v) is 15.4. The molecular formula is C18H15F3N4O2S. The Bertz CT molecular complexity index is 1070. The van der Waals surface area contributed by atoms with E-state index in [-0.39, 0.29) is 28.6 Å². The van der Waals surface area contributed by atoms with E-state index in [1.54, 1.807) is 24.4 Å². The molecular weight excluding hydrogens is 393 g/mol. The number of rotatable bonds is 5. The summed E-state index contributed by atoms with van der Waals surface area (Å²) in [6.45, 7) is 0.182. The van der Waals surface area contributed by atoms with E-state index in [0.717, 1.165) is 12.3 Å². The largest absolute Gasteiger partial charge is 0.433 e. The molecule has 0 spiro atoms. The third-order valence-electron chi connectivity index (χ3n) is 3.73. The van der Waals surface area contributed by atoms with Gasteiger partial charge in [-0.25, -0.2) is 18.4 Å². The second-order valence-electron chi connectivity index (χ2n) is 5.93. The first kappa shape index (κ1) is 19.7. The van der Waals surface area contributed by atoms with E-state index in [9.17, 15) is 21.6 Å². The average Bonchev–Trinajstić information content (AvgIpc) is 2.66. The van der Waals surface area contributed by atoms with Crippen LogP contribution in [-0.2, 0) is 22.6 Å². The Morgan fingerprint density at radius 2 is 1.75 bits per heavy atom. The molecule has 28 heavy (non-hydrogen) atoms. The lowest BCUT2D eigenvalue weighted by molar-refractivity contribution is -0.141. The van der Waals surface area contributed by atoms with Gasteiger partial charge in [0.25, 0.3) is 0 Å². The number of hydrogen-bond acceptors (Lipinski definition) is 6. The molecule has 3 rings (SSSR count). The number of halogens is 3. The second kappa shape index (κ2) is 7.55. The lowest BCUT2D eigenvalue weighted by Gasteiger charge is -2.12. The Balaban J connectivity index is 1.96. The van der Waals surface area contributed by atoms with Crippen LogP contribution in [0.15, 0.2) is 59.6 Å². The van der Waals surface area contributed by atoms with Crippen molar-refractivity contribution in [2.75, 3.05) is 11.6 Å². The van der Waals surface area contributed by atoms with Crippen molar-refractivity contribution in [1.29, 1.82) is 0 Å². The van der Waals surface area contributed by atoms with Gasteiger partial charge in [-0.2, -0.15) is 13.2 Å². The van der Waals surface area contributed by atoms with Crippen molar-refractivity contribution in [3.63, 3.8) is 0 Å². The molecule has 6 nitrogen and oxygen atoms in total. The van der Waals surface area contributed by atoms with Crippen LogP contribution >= 0.6 is 0 Å². The zero-order valence-electron chi connectivity index (χ0n) is 14.6. The molecule has 0 aliphatic carbocycles. The summed E-state index contributed by atoms with van der Waals surface area (Å²) in [4.78, 5) is 11.9. The van der Waals surface area contributed by atoms with Crippen LogP contribution in [0.4, 0.5) is 19.0 Å². The van der Waals surface area contributed by atoms with Crippen LogP contribution < -0.4 is 5.32 Å². The number of pyridine rings is 1. The van der Waals surface area contributed by atoms with Crippen molar-refractivity contribution >= 4 is 15.7 Å². The molecule has 0 aliphatic rings. The van der Waals surface area contributed by atoms with Crippen molar-refractivity contribution < 1.29 is 21.6 Å². The fourth-order valence-corrected chi connectivity index (χ4v) is 2.98. The number of nitrogens with one attached hydrogen (secondary N) is 1. The van der Waals surface area contributed by atoms with Gasteiger partial charge in [0.2, 0.25) is 0 Å². The van der Waals surface area contributed by atoms with Gasteiger partial charge in [0.05, 0.1) is 17.1 Å². The van der Waals surface area contributed by atoms with Crippen LogP contribution in [0.1, 0.15) is 11.4 Å². The van der Waals surface area contributed by atoms with Crippen molar-refractivity contribution in [3.05, 3.63) is 66.1 Å². The highest BCUT2D eigenvalue weighted by atomic mass is 32.2. The third-order valence-corrected chi connectivity index (χ3v) is 4.86. The molecule has 0 atom stereocenters. The predicted molar refractivity (Wildman–Crippen MR) is 97.1 cm³/mol. The van der Waals surface area contributed by atoms with Gasteiger partial charge in [-0.15, -0.1) is 0 Å². The van der Waals surface area contributed by atoms with Crippen molar-refractivity contribution in [3.8, 4) is 11.4 Å². The fraction of sp³-hybridized carbons (Fsp3) is 0.167. The number of sulfone groups is 1. The smallest absolute Gasteiger partial charge is 0.364 e. The van der Waals surface area contributed by atoms with E-state index in [2.05, 4.69) is 20.3 Å². The van der Waals surface area contributed by atoms with Crippen molar-refractivity contribution in [1.82, 2.24) is 15.0 Å². The second-order valence-corrected chi connectivity index (χ2v) is 7.95. The monoisotopic (exact) mass is 408 g/mol. The Morgan fingerprint density at radius 1 is 1.04 bits per heavy atom. The molecule has 0 aliphatic heterocycles. The number of alkyl halides is 3. The molecule has 2 heterocycles. The number of nitrogens with zero attached hydrogens (tertiary/aromatic N) is 3. The predicted octanol–water partition coefficient (Wildman–Crippen LogP) is 3.57. The van der Waals surface area contributed by atoms with E-state index in [4.69, 9.17) is 0 Å². The first-order valence-corrected chi connectivity index (χ1v) is 9.92. The summed E-state index contributed by atoms with van der Waals surface area (Å²) in [5, 5.41) is 2.81. The molecule has 1 N–H and O–H groups in total. The summed E-state index contributed by atoms with van der Waals surface area (Å²) in [5.74, 6) is -0.187. The molecule has 3 aromatic rings. The molecule has 0 bridgehead atoms. The summed E-state index contributed by atoms with van der Waals surface area (Å²) < 4.78 is 62.8. The van der Waals surface area contributed by atoms with Gasteiger partial charge in [0, 0.05) is 24.1 Å². The number of aromatic nitrogens is 3. The Hall–Kier alpha value is -3.01. The van der Waals surface area contributed by atoms with Crippen LogP contribution in [0, 0.1) is 0 Å². The minimum Gasteiger partial charge on any atom is -0.364 e. The molecule has 0 saturated carbocycles. The Morgan fingerprint density at radius 3 is 2.32 bits per heavy atom. The van der Waals surface area contributed by atoms with Crippen LogP contribution in [0.5, 0.6) is 0 Å². The van der Waals surface area contributed by atoms with Crippen LogP contribution in [0.3, 0.4) is 0 Å². The van der Waals surface area contributed by atoms with E-state index in [1.807, 2.05) is 0 Å². The first-order chi connectivity index (χ1) is 13.1. The number of anilines is 1. The van der Waals surface area contributed by atoms with Gasteiger partial charge in [-0.05, 0) is 36.4 Å². The summed E-state index contributed by atoms with van der Waals surface area (Å²) in [6, 6.07) is 11.4. The highest BCUT2D eigenvalue weighted by Gasteiger charge is 2.33. The third kappa shape index (κ3) is 4.83. The maximum atomic E-state index is 13.2. The Labute approximate surface area is 159 Å². The summed E-state index contributed by atoms with van der Waals surface area (Å²) in [5.41, 5.74) is -0.207. The van der Waals surface area contributed by atoms with Gasteiger partial charge in [0.1, 0.15) is 5.82 Å². The highest BCUT2D eigenvalue weighted by Crippen LogP contribution is 2.31. The van der Waals surface area contributed by atoms with Crippen molar-refractivity contribution in [2.45, 2.75) is 17.6 Å². The molecule has 2 aromatic heterocycles. The molecule has 0 saturated heterocycles. The molecule has 0 radical (unpaired) electrons. The lowest BCUT2D eigenvalue weighted by atomic mass is 10.2. The van der Waals surface area contributed by atoms with Crippen molar-refractivity contribution in [2.24, 2.45) is 0 Å². The van der Waals surface area contributed by atoms with Crippen LogP contribution in [-0.4, -0.2) is 29.6 Å². The SMILES string of the molecule is CS(=O)(=O)c1ccc(-c2nc(NCc3ccccn3)cc(C(F)(F)F)n2)cc1. The molecule has 1 aromatic carbocycles. The average molecular weight is 408 g/mol. The highest BCUT2D eigenvalue weighted by molar-refractivity contribution is 7.90. The standard InChI is InChI=1S/C18H15F3N4O2S/c1-28(26,27)14-7-5-12(6-8-14)17-24-15(18(19,20)21)10-16(25-17)23-11-13-4-2-3-9-22-13/h2-10H,11H2,1H3,(H,23,24,25). The normalized spacial score (nSPS) is 12.0. The zero-order chi connectivity index (χ0) is 20.4. The minimum atomic E-state index is -4.66. The lowest BCUT2D eigenvalue weighted by Crippen LogP contribution is -2.12. The maximum Gasteiger partial charge on any atom is 0.433 e. The fourth-order valence-electron chi connectivity index (χ4n) is 2.35. The quantitative estimate of drug-likeness (QED) is 0.695. The van der Waals surface area contributed by atoms with E-state index in [0.29, 0.717) is 5.69 Å². The molecule has 0 unspecified atom stereocenters. The molecule has 0 amide bonds. The van der Waals surface area contributed by atoms with E-state index in [1.165, 1.54) is 24.3 Å². The van der Waals surface area contributed by atoms with Gasteiger partial charge in [-0.3, -0.25) is 4.98 Å². The molecule has 146 valence electrons. The van der Waals surface area contributed by atoms with Crippen LogP contribution in [0.2, 0.25) is 0 Å². The Kier molecular flexibility index (Phi) is 5.32.